The van der Waals surface area contributed by atoms with Crippen LogP contribution in [0.15, 0.2) is 82.0 Å². The lowest BCUT2D eigenvalue weighted by molar-refractivity contribution is -0.155. The lowest BCUT2D eigenvalue weighted by Crippen LogP contribution is -2.21. The summed E-state index contributed by atoms with van der Waals surface area (Å²) in [5, 5.41) is 8.22. The second-order valence-electron chi connectivity index (χ2n) is 15.1. The van der Waals surface area contributed by atoms with Crippen LogP contribution in [0.2, 0.25) is 0 Å². The van der Waals surface area contributed by atoms with Crippen LogP contribution < -0.4 is 0 Å². The van der Waals surface area contributed by atoms with Crippen molar-refractivity contribution in [2.45, 2.75) is 85.0 Å². The SMILES string of the molecule is CC1=C(C)C(=O)OC1=O.CC1=CC(=O)OC1=O.O=C(O)CC1=CC(=O)OC1=O.O=C1C=CC(=O)O1.O=C1CC(=O)c2ccccc21.O=C1OC(=O)C2=C1CCCC2.O=C1OC(=O)C2CCCCC12. The van der Waals surface area contributed by atoms with Gasteiger partial charge < -0.3 is 33.5 Å². The van der Waals surface area contributed by atoms with Gasteiger partial charge in [0.2, 0.25) is 0 Å². The average Bonchev–Trinajstić information content (AvgIpc) is 4.15. The number of carbonyl (C=O) groups excluding carboxylic acids is 14. The van der Waals surface area contributed by atoms with E-state index in [1.165, 1.54) is 13.0 Å². The van der Waals surface area contributed by atoms with Gasteiger partial charge in [-0.25, -0.2) is 47.9 Å². The maximum absolute atomic E-state index is 11.1. The highest BCUT2D eigenvalue weighted by Crippen LogP contribution is 2.36. The third-order valence-electron chi connectivity index (χ3n) is 10.4. The topological polar surface area (TPSA) is 332 Å². The first-order valence-electron chi connectivity index (χ1n) is 20.5. The highest BCUT2D eigenvalue weighted by molar-refractivity contribution is 6.24. The number of Topliss-reactive ketones (excluding diaryl/α,β-unsaturated/α-hetero) is 2. The van der Waals surface area contributed by atoms with Crippen molar-refractivity contribution in [2.75, 3.05) is 0 Å². The normalized spacial score (nSPS) is 21.3. The summed E-state index contributed by atoms with van der Waals surface area (Å²) in [5.74, 6) is -7.82. The second kappa shape index (κ2) is 23.7. The number of hydrogen-bond donors (Lipinski definition) is 1. The molecule has 68 heavy (non-hydrogen) atoms. The van der Waals surface area contributed by atoms with Gasteiger partial charge in [0.15, 0.2) is 11.6 Å². The van der Waals surface area contributed by atoms with Crippen molar-refractivity contribution in [3.8, 4) is 0 Å². The fraction of sp³-hybridized carbons (Fsp3) is 0.326. The molecular weight excluding hydrogens is 904 g/mol. The van der Waals surface area contributed by atoms with Crippen molar-refractivity contribution in [3.05, 3.63) is 93.1 Å². The van der Waals surface area contributed by atoms with E-state index in [1.807, 2.05) is 0 Å². The summed E-state index contributed by atoms with van der Waals surface area (Å²) in [6.07, 6.45) is 11.1. The quantitative estimate of drug-likeness (QED) is 0.253. The molecule has 0 aromatic heterocycles. The molecule has 2 atom stereocenters. The Hall–Kier alpha value is -8.43. The zero-order valence-corrected chi connectivity index (χ0v) is 36.4. The second-order valence-corrected chi connectivity index (χ2v) is 15.1. The van der Waals surface area contributed by atoms with Crippen molar-refractivity contribution < 1.29 is 105 Å². The maximum atomic E-state index is 11.1. The monoisotopic (exact) mass is 944 g/mol. The molecule has 22 heteroatoms. The van der Waals surface area contributed by atoms with E-state index >= 15 is 0 Å². The van der Waals surface area contributed by atoms with Crippen LogP contribution >= 0.6 is 0 Å². The van der Waals surface area contributed by atoms with Gasteiger partial charge in [0.05, 0.1) is 30.3 Å². The largest absolute Gasteiger partial charge is 0.481 e. The number of carbonyl (C=O) groups is 15. The molecule has 2 fully saturated rings. The van der Waals surface area contributed by atoms with Gasteiger partial charge in [0.1, 0.15) is 0 Å². The van der Waals surface area contributed by atoms with E-state index in [2.05, 4.69) is 28.4 Å². The van der Waals surface area contributed by atoms with Gasteiger partial charge >= 0.3 is 77.6 Å². The standard InChI is InChI=1S/C9H6O2.C8H10O3.C8H8O3.C6H4O5.C6H6O3.C5H4O3.C4H2O3/c10-8-5-9(11)7-4-2-1-3-6(7)8;2*9-7-5-3-1-2-4-6(5)8(10)11-7;7-4(8)1-3-2-5(9)11-6(3)10;1-3-4(2)6(8)9-5(3)7;1-3-2-4(6)8-5(3)7;5-3-1-2-4(6)7-3/h1-4H,5H2;5-6H,1-4H2;1-4H2;2H,1H2,(H,7,8);1-2H3;2H,1H3;1-2H. The zero-order valence-electron chi connectivity index (χ0n) is 36.4. The summed E-state index contributed by atoms with van der Waals surface area (Å²) in [7, 11) is 0. The fourth-order valence-electron chi connectivity index (χ4n) is 6.77. The van der Waals surface area contributed by atoms with Crippen molar-refractivity contribution in [1.82, 2.24) is 0 Å². The minimum Gasteiger partial charge on any atom is -0.481 e. The molecule has 0 bridgehead atoms. The first-order valence-corrected chi connectivity index (χ1v) is 20.5. The third-order valence-corrected chi connectivity index (χ3v) is 10.4. The molecular formula is C46H40O22. The van der Waals surface area contributed by atoms with Crippen molar-refractivity contribution in [2.24, 2.45) is 11.8 Å². The summed E-state index contributed by atoms with van der Waals surface area (Å²) in [5.41, 5.74) is 3.51. The van der Waals surface area contributed by atoms with Gasteiger partial charge in [-0.15, -0.1) is 0 Å². The van der Waals surface area contributed by atoms with Gasteiger partial charge in [-0.1, -0.05) is 37.1 Å². The molecule has 1 N–H and O–H groups in total. The van der Waals surface area contributed by atoms with Crippen LogP contribution in [-0.4, -0.2) is 94.3 Å². The van der Waals surface area contributed by atoms with Gasteiger partial charge in [0.25, 0.3) is 0 Å². The smallest absolute Gasteiger partial charge is 0.342 e. The molecule has 2 unspecified atom stereocenters. The van der Waals surface area contributed by atoms with Crippen LogP contribution in [0.25, 0.3) is 0 Å². The average molecular weight is 945 g/mol. The number of esters is 12. The molecule has 6 aliphatic heterocycles. The molecule has 356 valence electrons. The molecule has 0 amide bonds. The van der Waals surface area contributed by atoms with E-state index < -0.39 is 72.1 Å². The molecule has 6 heterocycles. The number of rotatable bonds is 2. The van der Waals surface area contributed by atoms with E-state index in [-0.39, 0.29) is 47.3 Å². The van der Waals surface area contributed by atoms with E-state index in [4.69, 9.17) is 5.11 Å². The van der Waals surface area contributed by atoms with Crippen LogP contribution in [0.1, 0.15) is 106 Å². The Kier molecular flexibility index (Phi) is 18.2. The molecule has 1 aromatic rings. The molecule has 22 nitrogen and oxygen atoms in total. The number of carboxylic acid groups (broad SMARTS) is 1. The minimum atomic E-state index is -1.16. The van der Waals surface area contributed by atoms with Crippen LogP contribution in [0.4, 0.5) is 0 Å². The molecule has 1 saturated heterocycles. The summed E-state index contributed by atoms with van der Waals surface area (Å²) < 4.78 is 25.3. The van der Waals surface area contributed by atoms with Gasteiger partial charge in [0, 0.05) is 63.3 Å². The van der Waals surface area contributed by atoms with Gasteiger partial charge in [-0.3, -0.25) is 24.0 Å². The zero-order chi connectivity index (χ0) is 50.4. The first-order chi connectivity index (χ1) is 32.1. The van der Waals surface area contributed by atoms with Gasteiger partial charge in [-0.2, -0.15) is 0 Å². The maximum Gasteiger partial charge on any atom is 0.342 e. The lowest BCUT2D eigenvalue weighted by Gasteiger charge is -2.18. The fourth-order valence-corrected chi connectivity index (χ4v) is 6.77. The molecule has 0 radical (unpaired) electrons. The van der Waals surface area contributed by atoms with E-state index in [0.29, 0.717) is 39.0 Å². The highest BCUT2D eigenvalue weighted by atomic mass is 16.6. The molecule has 9 aliphatic rings. The van der Waals surface area contributed by atoms with E-state index in [1.54, 1.807) is 38.1 Å². The summed E-state index contributed by atoms with van der Waals surface area (Å²) in [6.45, 7) is 4.68. The van der Waals surface area contributed by atoms with Crippen molar-refractivity contribution >= 4 is 89.2 Å². The Labute approximate surface area is 383 Å². The van der Waals surface area contributed by atoms with Gasteiger partial charge in [-0.05, 0) is 59.3 Å². The predicted octanol–water partition coefficient (Wildman–Crippen LogP) is 2.79. The van der Waals surface area contributed by atoms with Crippen molar-refractivity contribution in [3.63, 3.8) is 0 Å². The Morgan fingerprint density at radius 3 is 1.28 bits per heavy atom. The Balaban J connectivity index is 0.000000174. The minimum absolute atomic E-state index is 0.0504. The third kappa shape index (κ3) is 14.3. The van der Waals surface area contributed by atoms with Crippen LogP contribution in [-0.2, 0) is 90.8 Å². The van der Waals surface area contributed by atoms with E-state index in [9.17, 15) is 71.9 Å². The first kappa shape index (κ1) is 52.2. The van der Waals surface area contributed by atoms with E-state index in [0.717, 1.165) is 69.6 Å². The number of ketones is 2. The van der Waals surface area contributed by atoms with Crippen LogP contribution in [0.3, 0.4) is 0 Å². The molecule has 1 saturated carbocycles. The lowest BCUT2D eigenvalue weighted by atomic mass is 9.81. The summed E-state index contributed by atoms with van der Waals surface area (Å²) >= 11 is 0. The van der Waals surface area contributed by atoms with Crippen LogP contribution in [0, 0.1) is 11.8 Å². The predicted molar refractivity (Wildman–Crippen MR) is 219 cm³/mol. The molecule has 1 aromatic carbocycles. The Morgan fingerprint density at radius 2 is 0.956 bits per heavy atom. The highest BCUT2D eigenvalue weighted by Gasteiger charge is 2.45. The Morgan fingerprint density at radius 1 is 0.515 bits per heavy atom. The van der Waals surface area contributed by atoms with Crippen LogP contribution in [0.5, 0.6) is 0 Å². The summed E-state index contributed by atoms with van der Waals surface area (Å²) in [6, 6.07) is 6.94. The number of carboxylic acids is 1. The molecule has 3 aliphatic carbocycles. The Bertz CT molecular complexity index is 2470. The molecule has 0 spiro atoms. The number of benzene rings is 1. The summed E-state index contributed by atoms with van der Waals surface area (Å²) in [4.78, 5) is 158. The number of ether oxygens (including phenoxy) is 6. The number of aliphatic carboxylic acids is 1. The molecule has 10 rings (SSSR count). The van der Waals surface area contributed by atoms with Crippen molar-refractivity contribution in [1.29, 1.82) is 0 Å². The number of fused-ring (bicyclic) bond motifs is 2. The number of hydrogen-bond acceptors (Lipinski definition) is 21. The number of cyclic esters (lactones) is 12.